The Labute approximate surface area is 71.2 Å². The molecule has 0 saturated carbocycles. The number of rotatable bonds is 1. The summed E-state index contributed by atoms with van der Waals surface area (Å²) in [6.45, 7) is 0. The number of pyridine rings is 1. The van der Waals surface area contributed by atoms with Crippen LogP contribution in [0.3, 0.4) is 0 Å². The van der Waals surface area contributed by atoms with Crippen LogP contribution < -0.4 is 11.3 Å². The molecule has 3 N–H and O–H groups in total. The van der Waals surface area contributed by atoms with Crippen molar-refractivity contribution in [2.75, 3.05) is 5.73 Å². The van der Waals surface area contributed by atoms with Crippen molar-refractivity contribution in [2.45, 2.75) is 6.43 Å². The highest BCUT2D eigenvalue weighted by molar-refractivity contribution is 6.30. The van der Waals surface area contributed by atoms with Crippen molar-refractivity contribution < 1.29 is 8.78 Å². The Balaban J connectivity index is 3.38. The Morgan fingerprint density at radius 1 is 1.58 bits per heavy atom. The first-order chi connectivity index (χ1) is 5.52. The number of aromatic nitrogens is 1. The normalized spacial score (nSPS) is 10.7. The topological polar surface area (TPSA) is 58.9 Å². The van der Waals surface area contributed by atoms with E-state index in [0.29, 0.717) is 0 Å². The van der Waals surface area contributed by atoms with Gasteiger partial charge >= 0.3 is 0 Å². The van der Waals surface area contributed by atoms with Crippen LogP contribution in [-0.4, -0.2) is 4.98 Å². The summed E-state index contributed by atoms with van der Waals surface area (Å²) in [6, 6.07) is 0.868. The van der Waals surface area contributed by atoms with Crippen LogP contribution in [0.25, 0.3) is 0 Å². The molecule has 0 aliphatic rings. The molecular formula is C6H5ClF2N2O. The van der Waals surface area contributed by atoms with Gasteiger partial charge in [-0.25, -0.2) is 8.78 Å². The van der Waals surface area contributed by atoms with Gasteiger partial charge < -0.3 is 10.7 Å². The molecule has 3 nitrogen and oxygen atoms in total. The monoisotopic (exact) mass is 194 g/mol. The molecule has 0 fully saturated rings. The molecule has 0 bridgehead atoms. The molecule has 1 aromatic heterocycles. The lowest BCUT2D eigenvalue weighted by Crippen LogP contribution is -2.09. The molecule has 0 aliphatic carbocycles. The van der Waals surface area contributed by atoms with E-state index in [1.807, 2.05) is 4.98 Å². The van der Waals surface area contributed by atoms with Gasteiger partial charge in [-0.2, -0.15) is 0 Å². The minimum absolute atomic E-state index is 0.293. The third-order valence-corrected chi connectivity index (χ3v) is 1.58. The van der Waals surface area contributed by atoms with Gasteiger partial charge in [0.25, 0.3) is 12.0 Å². The Kier molecular flexibility index (Phi) is 2.32. The summed E-state index contributed by atoms with van der Waals surface area (Å²) in [5.41, 5.74) is 3.72. The van der Waals surface area contributed by atoms with Crippen LogP contribution in [0.2, 0.25) is 5.15 Å². The number of hydrogen-bond acceptors (Lipinski definition) is 2. The Morgan fingerprint density at radius 2 is 2.17 bits per heavy atom. The number of anilines is 1. The maximum Gasteiger partial charge on any atom is 0.268 e. The Morgan fingerprint density at radius 3 is 2.58 bits per heavy atom. The van der Waals surface area contributed by atoms with Gasteiger partial charge in [-0.05, 0) is 0 Å². The average Bonchev–Trinajstić information content (AvgIpc) is 1.82. The molecule has 0 atom stereocenters. The van der Waals surface area contributed by atoms with E-state index in [1.165, 1.54) is 0 Å². The maximum atomic E-state index is 12.1. The molecule has 66 valence electrons. The summed E-state index contributed by atoms with van der Waals surface area (Å²) < 4.78 is 24.3. The van der Waals surface area contributed by atoms with E-state index in [9.17, 15) is 13.6 Å². The van der Waals surface area contributed by atoms with Gasteiger partial charge in [-0.15, -0.1) is 0 Å². The third-order valence-electron chi connectivity index (χ3n) is 1.29. The molecule has 0 amide bonds. The van der Waals surface area contributed by atoms with Gasteiger partial charge in [-0.1, -0.05) is 11.6 Å². The third kappa shape index (κ3) is 1.55. The minimum atomic E-state index is -2.78. The molecule has 1 rings (SSSR count). The quantitative estimate of drug-likeness (QED) is 0.667. The molecule has 0 radical (unpaired) electrons. The number of H-pyrrole nitrogens is 1. The fourth-order valence-electron chi connectivity index (χ4n) is 0.779. The van der Waals surface area contributed by atoms with E-state index >= 15 is 0 Å². The lowest BCUT2D eigenvalue weighted by atomic mass is 10.2. The van der Waals surface area contributed by atoms with Gasteiger partial charge in [0.1, 0.15) is 5.15 Å². The van der Waals surface area contributed by atoms with Crippen LogP contribution in [-0.2, 0) is 0 Å². The zero-order valence-corrected chi connectivity index (χ0v) is 6.53. The van der Waals surface area contributed by atoms with Crippen molar-refractivity contribution in [3.63, 3.8) is 0 Å². The number of hydrogen-bond donors (Lipinski definition) is 2. The Bertz CT molecular complexity index is 324. The molecular weight excluding hydrogens is 190 g/mol. The average molecular weight is 195 g/mol. The van der Waals surface area contributed by atoms with Crippen molar-refractivity contribution >= 4 is 17.3 Å². The predicted octanol–water partition coefficient (Wildman–Crippen LogP) is 1.55. The van der Waals surface area contributed by atoms with Gasteiger partial charge in [-0.3, -0.25) is 4.79 Å². The second kappa shape index (κ2) is 3.10. The lowest BCUT2D eigenvalue weighted by molar-refractivity contribution is 0.152. The fourth-order valence-corrected chi connectivity index (χ4v) is 1.06. The van der Waals surface area contributed by atoms with Crippen LogP contribution in [0, 0.1) is 0 Å². The summed E-state index contributed by atoms with van der Waals surface area (Å²) in [5.74, 6) is 0. The van der Waals surface area contributed by atoms with E-state index in [0.717, 1.165) is 6.07 Å². The van der Waals surface area contributed by atoms with Gasteiger partial charge in [0, 0.05) is 11.8 Å². The summed E-state index contributed by atoms with van der Waals surface area (Å²) in [7, 11) is 0. The van der Waals surface area contributed by atoms with Crippen molar-refractivity contribution in [3.05, 3.63) is 27.1 Å². The summed E-state index contributed by atoms with van der Waals surface area (Å²) in [6.07, 6.45) is -2.78. The molecule has 0 unspecified atom stereocenters. The summed E-state index contributed by atoms with van der Waals surface area (Å²) in [4.78, 5) is 12.6. The van der Waals surface area contributed by atoms with Crippen LogP contribution >= 0.6 is 11.6 Å². The summed E-state index contributed by atoms with van der Waals surface area (Å²) >= 11 is 5.31. The molecule has 0 spiro atoms. The predicted molar refractivity (Wildman–Crippen MR) is 41.4 cm³/mol. The molecule has 12 heavy (non-hydrogen) atoms. The lowest BCUT2D eigenvalue weighted by Gasteiger charge is -2.04. The zero-order chi connectivity index (χ0) is 9.30. The van der Waals surface area contributed by atoms with Crippen LogP contribution in [0.15, 0.2) is 10.9 Å². The van der Waals surface area contributed by atoms with E-state index in [1.54, 1.807) is 0 Å². The number of aromatic amines is 1. The highest BCUT2D eigenvalue weighted by Gasteiger charge is 2.16. The highest BCUT2D eigenvalue weighted by Crippen LogP contribution is 2.28. The summed E-state index contributed by atoms with van der Waals surface area (Å²) in [5, 5.41) is -0.407. The minimum Gasteiger partial charge on any atom is -0.398 e. The van der Waals surface area contributed by atoms with E-state index in [-0.39, 0.29) is 5.69 Å². The number of halogens is 3. The first kappa shape index (κ1) is 8.99. The van der Waals surface area contributed by atoms with E-state index < -0.39 is 22.7 Å². The van der Waals surface area contributed by atoms with Crippen molar-refractivity contribution in [2.24, 2.45) is 0 Å². The number of nitrogen functional groups attached to an aromatic ring is 1. The number of nitrogens with one attached hydrogen (secondary N) is 1. The van der Waals surface area contributed by atoms with E-state index in [2.05, 4.69) is 0 Å². The van der Waals surface area contributed by atoms with Gasteiger partial charge in [0.15, 0.2) is 0 Å². The largest absolute Gasteiger partial charge is 0.398 e. The first-order valence-electron chi connectivity index (χ1n) is 2.98. The van der Waals surface area contributed by atoms with Crippen molar-refractivity contribution in [1.82, 2.24) is 4.98 Å². The second-order valence-corrected chi connectivity index (χ2v) is 2.50. The van der Waals surface area contributed by atoms with Crippen LogP contribution in [0.1, 0.15) is 12.0 Å². The van der Waals surface area contributed by atoms with Crippen molar-refractivity contribution in [3.8, 4) is 0 Å². The SMILES string of the molecule is Nc1cc(=O)[nH]c(Cl)c1C(F)F. The van der Waals surface area contributed by atoms with Crippen molar-refractivity contribution in [1.29, 1.82) is 0 Å². The number of nitrogens with two attached hydrogens (primary N) is 1. The molecule has 0 saturated heterocycles. The molecule has 1 aromatic rings. The number of alkyl halides is 2. The van der Waals surface area contributed by atoms with Crippen LogP contribution in [0.5, 0.6) is 0 Å². The van der Waals surface area contributed by atoms with Crippen LogP contribution in [0.4, 0.5) is 14.5 Å². The molecule has 0 aromatic carbocycles. The van der Waals surface area contributed by atoms with Gasteiger partial charge in [0.2, 0.25) is 0 Å². The second-order valence-electron chi connectivity index (χ2n) is 2.12. The molecule has 1 heterocycles. The first-order valence-corrected chi connectivity index (χ1v) is 3.36. The van der Waals surface area contributed by atoms with E-state index in [4.69, 9.17) is 17.3 Å². The maximum absolute atomic E-state index is 12.1. The smallest absolute Gasteiger partial charge is 0.268 e. The fraction of sp³-hybridized carbons (Fsp3) is 0.167. The highest BCUT2D eigenvalue weighted by atomic mass is 35.5. The molecule has 6 heteroatoms. The van der Waals surface area contributed by atoms with Gasteiger partial charge in [0.05, 0.1) is 5.56 Å². The standard InChI is InChI=1S/C6H5ClF2N2O/c7-5-4(6(8)9)2(10)1-3(12)11-5/h1,6H,(H3,10,11,12). The zero-order valence-electron chi connectivity index (χ0n) is 5.77. The molecule has 0 aliphatic heterocycles. The Hall–Kier alpha value is -1.10.